The molecule has 138 valence electrons. The molecule has 0 atom stereocenters. The van der Waals surface area contributed by atoms with Gasteiger partial charge < -0.3 is 15.7 Å². The highest BCUT2D eigenvalue weighted by Crippen LogP contribution is 2.30. The Morgan fingerprint density at radius 3 is 2.42 bits per heavy atom. The first-order valence-corrected chi connectivity index (χ1v) is 9.87. The number of aryl methyl sites for hydroxylation is 2. The van der Waals surface area contributed by atoms with Gasteiger partial charge in [-0.3, -0.25) is 4.99 Å². The highest BCUT2D eigenvalue weighted by molar-refractivity contribution is 7.11. The quantitative estimate of drug-likeness (QED) is 0.446. The van der Waals surface area contributed by atoms with Gasteiger partial charge in [-0.1, -0.05) is 13.8 Å². The fourth-order valence-corrected chi connectivity index (χ4v) is 3.77. The SMILES string of the molecule is CCNC(=NCC(CC)(CC)CCO)NCCc1sc(C)nc1C. The van der Waals surface area contributed by atoms with Crippen LogP contribution in [0.15, 0.2) is 4.99 Å². The smallest absolute Gasteiger partial charge is 0.191 e. The third kappa shape index (κ3) is 6.40. The summed E-state index contributed by atoms with van der Waals surface area (Å²) in [5.74, 6) is 0.862. The molecule has 0 aliphatic rings. The van der Waals surface area contributed by atoms with Gasteiger partial charge in [-0.25, -0.2) is 4.98 Å². The first-order valence-electron chi connectivity index (χ1n) is 9.06. The molecule has 6 heteroatoms. The van der Waals surface area contributed by atoms with Crippen LogP contribution in [0, 0.1) is 19.3 Å². The molecule has 3 N–H and O–H groups in total. The van der Waals surface area contributed by atoms with Crippen molar-refractivity contribution in [1.29, 1.82) is 0 Å². The number of nitrogens with one attached hydrogen (secondary N) is 2. The van der Waals surface area contributed by atoms with Crippen molar-refractivity contribution < 1.29 is 5.11 Å². The minimum absolute atomic E-state index is 0.0997. The van der Waals surface area contributed by atoms with Gasteiger partial charge in [-0.2, -0.15) is 0 Å². The van der Waals surface area contributed by atoms with E-state index in [1.165, 1.54) is 4.88 Å². The van der Waals surface area contributed by atoms with Crippen LogP contribution in [0.1, 0.15) is 55.6 Å². The highest BCUT2D eigenvalue weighted by Gasteiger charge is 2.25. The predicted molar refractivity (Wildman–Crippen MR) is 104 cm³/mol. The summed E-state index contributed by atoms with van der Waals surface area (Å²) < 4.78 is 0. The first-order chi connectivity index (χ1) is 11.5. The summed E-state index contributed by atoms with van der Waals surface area (Å²) >= 11 is 1.77. The molecule has 1 aromatic rings. The van der Waals surface area contributed by atoms with Crippen molar-refractivity contribution in [2.24, 2.45) is 10.4 Å². The highest BCUT2D eigenvalue weighted by atomic mass is 32.1. The molecule has 0 radical (unpaired) electrons. The van der Waals surface area contributed by atoms with Crippen molar-refractivity contribution in [2.45, 2.75) is 60.3 Å². The molecule has 0 aliphatic heterocycles. The number of rotatable bonds is 10. The molecule has 1 rings (SSSR count). The van der Waals surface area contributed by atoms with Gasteiger partial charge in [0.05, 0.1) is 10.7 Å². The van der Waals surface area contributed by atoms with Crippen LogP contribution >= 0.6 is 11.3 Å². The number of nitrogens with zero attached hydrogens (tertiary/aromatic N) is 2. The number of aliphatic hydroxyl groups is 1. The first kappa shape index (κ1) is 20.9. The summed E-state index contributed by atoms with van der Waals surface area (Å²) in [5.41, 5.74) is 1.24. The summed E-state index contributed by atoms with van der Waals surface area (Å²) in [5, 5.41) is 17.2. The Morgan fingerprint density at radius 1 is 1.21 bits per heavy atom. The number of hydrogen-bond donors (Lipinski definition) is 3. The number of thiazole rings is 1. The van der Waals surface area contributed by atoms with Crippen molar-refractivity contribution in [1.82, 2.24) is 15.6 Å². The summed E-state index contributed by atoms with van der Waals surface area (Å²) in [4.78, 5) is 10.6. The number of hydrogen-bond acceptors (Lipinski definition) is 4. The van der Waals surface area contributed by atoms with Crippen molar-refractivity contribution in [3.05, 3.63) is 15.6 Å². The Bertz CT molecular complexity index is 509. The van der Waals surface area contributed by atoms with Crippen molar-refractivity contribution in [3.8, 4) is 0 Å². The fraction of sp³-hybridized carbons (Fsp3) is 0.778. The summed E-state index contributed by atoms with van der Waals surface area (Å²) in [6.45, 7) is 13.2. The third-order valence-corrected chi connectivity index (χ3v) is 5.84. The average Bonchev–Trinajstić information content (AvgIpc) is 2.89. The van der Waals surface area contributed by atoms with Crippen molar-refractivity contribution in [3.63, 3.8) is 0 Å². The van der Waals surface area contributed by atoms with Crippen LogP contribution in [-0.4, -0.2) is 42.3 Å². The van der Waals surface area contributed by atoms with Gasteiger partial charge in [0.25, 0.3) is 0 Å². The second-order valence-corrected chi connectivity index (χ2v) is 7.58. The van der Waals surface area contributed by atoms with E-state index in [0.717, 1.165) is 62.0 Å². The Kier molecular flexibility index (Phi) is 9.29. The molecule has 0 amide bonds. The van der Waals surface area contributed by atoms with E-state index in [0.29, 0.717) is 0 Å². The van der Waals surface area contributed by atoms with E-state index >= 15 is 0 Å². The number of aromatic nitrogens is 1. The van der Waals surface area contributed by atoms with Crippen LogP contribution in [-0.2, 0) is 6.42 Å². The molecule has 0 aromatic carbocycles. The number of aliphatic imine (C=N–C) groups is 1. The lowest BCUT2D eigenvalue weighted by molar-refractivity contribution is 0.175. The second-order valence-electron chi connectivity index (χ2n) is 6.29. The molecule has 0 unspecified atom stereocenters. The van der Waals surface area contributed by atoms with E-state index in [-0.39, 0.29) is 12.0 Å². The van der Waals surface area contributed by atoms with Gasteiger partial charge in [0.1, 0.15) is 0 Å². The molecule has 5 nitrogen and oxygen atoms in total. The molecule has 1 heterocycles. The average molecular weight is 355 g/mol. The van der Waals surface area contributed by atoms with Crippen molar-refractivity contribution >= 4 is 17.3 Å². The number of aliphatic hydroxyl groups excluding tert-OH is 1. The van der Waals surface area contributed by atoms with Crippen LogP contribution in [0.5, 0.6) is 0 Å². The van der Waals surface area contributed by atoms with Crippen LogP contribution in [0.3, 0.4) is 0 Å². The number of guanidine groups is 1. The van der Waals surface area contributed by atoms with E-state index in [9.17, 15) is 5.11 Å². The van der Waals surface area contributed by atoms with E-state index in [2.05, 4.69) is 50.2 Å². The maximum atomic E-state index is 9.34. The van der Waals surface area contributed by atoms with Gasteiger partial charge in [-0.05, 0) is 45.4 Å². The molecule has 24 heavy (non-hydrogen) atoms. The largest absolute Gasteiger partial charge is 0.396 e. The minimum atomic E-state index is 0.0997. The Hall–Kier alpha value is -1.14. The fourth-order valence-electron chi connectivity index (χ4n) is 2.83. The van der Waals surface area contributed by atoms with Crippen LogP contribution < -0.4 is 10.6 Å². The standard InChI is InChI=1S/C18H34N4OS/c1-6-18(7-2,10-12-23)13-21-17(19-8-3)20-11-9-16-14(4)22-15(5)24-16/h23H,6-13H2,1-5H3,(H2,19,20,21). The van der Waals surface area contributed by atoms with Gasteiger partial charge in [-0.15, -0.1) is 11.3 Å². The summed E-state index contributed by atoms with van der Waals surface area (Å²) in [6, 6.07) is 0. The zero-order chi connectivity index (χ0) is 18.0. The lowest BCUT2D eigenvalue weighted by Crippen LogP contribution is -2.39. The molecule has 0 spiro atoms. The normalized spacial score (nSPS) is 12.5. The molecule has 1 aromatic heterocycles. The summed E-state index contributed by atoms with van der Waals surface area (Å²) in [7, 11) is 0. The Labute approximate surface area is 151 Å². The maximum absolute atomic E-state index is 9.34. The Morgan fingerprint density at radius 2 is 1.92 bits per heavy atom. The second kappa shape index (κ2) is 10.7. The van der Waals surface area contributed by atoms with Gasteiger partial charge >= 0.3 is 0 Å². The lowest BCUT2D eigenvalue weighted by atomic mass is 9.79. The molecule has 0 saturated carbocycles. The van der Waals surface area contributed by atoms with E-state index < -0.39 is 0 Å². The minimum Gasteiger partial charge on any atom is -0.396 e. The van der Waals surface area contributed by atoms with E-state index in [1.54, 1.807) is 11.3 Å². The Balaban J connectivity index is 2.63. The molecule has 0 bridgehead atoms. The predicted octanol–water partition coefficient (Wildman–Crippen LogP) is 3.05. The van der Waals surface area contributed by atoms with Gasteiger partial charge in [0, 0.05) is 37.5 Å². The molecule has 0 fully saturated rings. The van der Waals surface area contributed by atoms with Crippen molar-refractivity contribution in [2.75, 3.05) is 26.2 Å². The van der Waals surface area contributed by atoms with Crippen LogP contribution in [0.2, 0.25) is 0 Å². The third-order valence-electron chi connectivity index (χ3n) is 4.70. The van der Waals surface area contributed by atoms with Crippen LogP contribution in [0.25, 0.3) is 0 Å². The van der Waals surface area contributed by atoms with E-state index in [4.69, 9.17) is 4.99 Å². The molecule has 0 aliphatic carbocycles. The topological polar surface area (TPSA) is 69.5 Å². The van der Waals surface area contributed by atoms with Gasteiger partial charge in [0.2, 0.25) is 0 Å². The maximum Gasteiger partial charge on any atom is 0.191 e. The van der Waals surface area contributed by atoms with E-state index in [1.807, 2.05) is 0 Å². The van der Waals surface area contributed by atoms with Crippen LogP contribution in [0.4, 0.5) is 0 Å². The monoisotopic (exact) mass is 354 g/mol. The molecular weight excluding hydrogens is 320 g/mol. The van der Waals surface area contributed by atoms with Gasteiger partial charge in [0.15, 0.2) is 5.96 Å². The lowest BCUT2D eigenvalue weighted by Gasteiger charge is -2.29. The molecular formula is C18H34N4OS. The zero-order valence-corrected chi connectivity index (χ0v) is 16.7. The zero-order valence-electron chi connectivity index (χ0n) is 15.9. The summed E-state index contributed by atoms with van der Waals surface area (Å²) in [6.07, 6.45) is 3.84. The molecule has 0 saturated heterocycles.